The number of thioether (sulfide) groups is 2. The van der Waals surface area contributed by atoms with Crippen LogP contribution in [0.1, 0.15) is 39.5 Å². The van der Waals surface area contributed by atoms with Crippen molar-refractivity contribution in [2.45, 2.75) is 59.5 Å². The van der Waals surface area contributed by atoms with Crippen molar-refractivity contribution < 1.29 is 4.79 Å². The zero-order valence-corrected chi connectivity index (χ0v) is 15.7. The van der Waals surface area contributed by atoms with Crippen molar-refractivity contribution in [3.05, 3.63) is 0 Å². The van der Waals surface area contributed by atoms with Gasteiger partial charge >= 0.3 is 0 Å². The summed E-state index contributed by atoms with van der Waals surface area (Å²) < 4.78 is 1.82. The van der Waals surface area contributed by atoms with Crippen LogP contribution in [-0.2, 0) is 4.79 Å². The van der Waals surface area contributed by atoms with Crippen molar-refractivity contribution in [1.82, 2.24) is 15.5 Å². The van der Waals surface area contributed by atoms with Gasteiger partial charge in [-0.3, -0.25) is 4.79 Å². The van der Waals surface area contributed by atoms with E-state index in [2.05, 4.69) is 22.4 Å². The number of aromatic nitrogens is 2. The molecule has 5 atom stereocenters. The minimum absolute atomic E-state index is 0.122. The number of fused-ring (bicyclic) bond motifs is 2. The maximum Gasteiger partial charge on any atom is 0.233 e. The molecule has 1 aromatic rings. The van der Waals surface area contributed by atoms with Gasteiger partial charge in [0, 0.05) is 6.04 Å². The van der Waals surface area contributed by atoms with Gasteiger partial charge in [-0.1, -0.05) is 41.3 Å². The maximum atomic E-state index is 12.4. The summed E-state index contributed by atoms with van der Waals surface area (Å²) in [5, 5.41) is 11.3. The van der Waals surface area contributed by atoms with E-state index >= 15 is 0 Å². The molecule has 2 fully saturated rings. The summed E-state index contributed by atoms with van der Waals surface area (Å²) in [4.78, 5) is 12.4. The topological polar surface area (TPSA) is 54.9 Å². The molecule has 22 heavy (non-hydrogen) atoms. The number of rotatable bonds is 6. The number of amides is 1. The fourth-order valence-corrected chi connectivity index (χ4v) is 6.48. The lowest BCUT2D eigenvalue weighted by Crippen LogP contribution is -2.43. The molecule has 1 amide bonds. The van der Waals surface area contributed by atoms with Crippen molar-refractivity contribution in [2.24, 2.45) is 17.8 Å². The smallest absolute Gasteiger partial charge is 0.233 e. The Balaban J connectivity index is 1.50. The van der Waals surface area contributed by atoms with Crippen molar-refractivity contribution in [2.75, 3.05) is 6.26 Å². The molecule has 2 bridgehead atoms. The second kappa shape index (κ2) is 7.09. The Morgan fingerprint density at radius 1 is 1.27 bits per heavy atom. The van der Waals surface area contributed by atoms with Crippen LogP contribution in [0.15, 0.2) is 8.68 Å². The van der Waals surface area contributed by atoms with Crippen LogP contribution in [-0.4, -0.2) is 33.7 Å². The Labute approximate surface area is 144 Å². The highest BCUT2D eigenvalue weighted by molar-refractivity contribution is 8.03. The summed E-state index contributed by atoms with van der Waals surface area (Å²) in [5.74, 6) is 2.58. The number of hydrogen-bond donors (Lipinski definition) is 1. The molecule has 122 valence electrons. The largest absolute Gasteiger partial charge is 0.352 e. The highest BCUT2D eigenvalue weighted by Crippen LogP contribution is 2.49. The van der Waals surface area contributed by atoms with Gasteiger partial charge in [0.2, 0.25) is 5.91 Å². The highest BCUT2D eigenvalue weighted by Gasteiger charge is 2.42. The second-order valence-electron chi connectivity index (χ2n) is 6.43. The van der Waals surface area contributed by atoms with Crippen LogP contribution in [0.25, 0.3) is 0 Å². The van der Waals surface area contributed by atoms with Gasteiger partial charge in [-0.25, -0.2) is 0 Å². The SMILES string of the molecule is CSc1nnc(S[C@H](C)C(=O)N[C@H](C)[C@@H]2C[C@H]3CC[C@H]2C3)s1. The van der Waals surface area contributed by atoms with E-state index < -0.39 is 0 Å². The van der Waals surface area contributed by atoms with E-state index in [9.17, 15) is 4.79 Å². The van der Waals surface area contributed by atoms with Gasteiger partial charge in [0.05, 0.1) is 5.25 Å². The summed E-state index contributed by atoms with van der Waals surface area (Å²) in [6.07, 6.45) is 7.45. The van der Waals surface area contributed by atoms with Crippen LogP contribution < -0.4 is 5.32 Å². The summed E-state index contributed by atoms with van der Waals surface area (Å²) in [7, 11) is 0. The Morgan fingerprint density at radius 2 is 2.05 bits per heavy atom. The fraction of sp³-hybridized carbons (Fsp3) is 0.800. The lowest BCUT2D eigenvalue weighted by Gasteiger charge is -2.29. The third kappa shape index (κ3) is 3.62. The normalized spacial score (nSPS) is 29.5. The third-order valence-electron chi connectivity index (χ3n) is 5.01. The van der Waals surface area contributed by atoms with Gasteiger partial charge in [-0.05, 0) is 57.1 Å². The van der Waals surface area contributed by atoms with Gasteiger partial charge in [0.25, 0.3) is 0 Å². The Hall–Kier alpha value is -0.270. The van der Waals surface area contributed by atoms with Crippen molar-refractivity contribution in [3.63, 3.8) is 0 Å². The molecule has 0 saturated heterocycles. The second-order valence-corrected chi connectivity index (χ2v) is 10.1. The van der Waals surface area contributed by atoms with Gasteiger partial charge in [-0.15, -0.1) is 10.2 Å². The monoisotopic (exact) mass is 357 g/mol. The van der Waals surface area contributed by atoms with E-state index in [1.165, 1.54) is 37.4 Å². The zero-order valence-electron chi connectivity index (χ0n) is 13.2. The van der Waals surface area contributed by atoms with Crippen molar-refractivity contribution in [1.29, 1.82) is 0 Å². The predicted molar refractivity (Wildman–Crippen MR) is 93.6 cm³/mol. The first-order valence-corrected chi connectivity index (χ1v) is 10.8. The molecule has 1 heterocycles. The van der Waals surface area contributed by atoms with Crippen LogP contribution in [0.5, 0.6) is 0 Å². The first-order chi connectivity index (χ1) is 10.6. The molecule has 0 aliphatic heterocycles. The Morgan fingerprint density at radius 3 is 2.64 bits per heavy atom. The van der Waals surface area contributed by atoms with Crippen LogP contribution in [0.3, 0.4) is 0 Å². The van der Waals surface area contributed by atoms with Gasteiger partial charge in [0.1, 0.15) is 0 Å². The molecule has 1 N–H and O–H groups in total. The number of carbonyl (C=O) groups excluding carboxylic acids is 1. The predicted octanol–water partition coefficient (Wildman–Crippen LogP) is 3.68. The molecular weight excluding hydrogens is 334 g/mol. The standard InChI is InChI=1S/C15H23N3OS3/c1-8(12-7-10-4-5-11(12)6-10)16-13(19)9(2)21-15-18-17-14(20-3)22-15/h8-12H,4-7H2,1-3H3,(H,16,19)/t8-,9-,10+,11+,12+/m1/s1. The Bertz CT molecular complexity index is 536. The quantitative estimate of drug-likeness (QED) is 0.787. The summed E-state index contributed by atoms with van der Waals surface area (Å²) in [6.45, 7) is 4.13. The lowest BCUT2D eigenvalue weighted by atomic mass is 9.84. The molecule has 0 radical (unpaired) electrons. The van der Waals surface area contributed by atoms with E-state index in [1.54, 1.807) is 23.1 Å². The minimum atomic E-state index is -0.122. The molecule has 2 saturated carbocycles. The van der Waals surface area contributed by atoms with Crippen LogP contribution in [0.2, 0.25) is 0 Å². The van der Waals surface area contributed by atoms with E-state index in [0.29, 0.717) is 12.0 Å². The third-order valence-corrected chi connectivity index (χ3v) is 8.10. The lowest BCUT2D eigenvalue weighted by molar-refractivity contribution is -0.121. The number of carbonyl (C=O) groups is 1. The average molecular weight is 358 g/mol. The zero-order chi connectivity index (χ0) is 15.7. The molecule has 3 rings (SSSR count). The molecule has 4 nitrogen and oxygen atoms in total. The molecule has 0 unspecified atom stereocenters. The van der Waals surface area contributed by atoms with Gasteiger partial charge < -0.3 is 5.32 Å². The summed E-state index contributed by atoms with van der Waals surface area (Å²) in [6, 6.07) is 0.294. The van der Waals surface area contributed by atoms with Crippen LogP contribution in [0.4, 0.5) is 0 Å². The highest BCUT2D eigenvalue weighted by atomic mass is 32.2. The van der Waals surface area contributed by atoms with Crippen molar-refractivity contribution >= 4 is 40.8 Å². The molecule has 1 aromatic heterocycles. The number of hydrogen-bond acceptors (Lipinski definition) is 6. The van der Waals surface area contributed by atoms with Gasteiger partial charge in [-0.2, -0.15) is 0 Å². The summed E-state index contributed by atoms with van der Waals surface area (Å²) in [5.41, 5.74) is 0. The van der Waals surface area contributed by atoms with Crippen molar-refractivity contribution in [3.8, 4) is 0 Å². The van der Waals surface area contributed by atoms with Gasteiger partial charge in [0.15, 0.2) is 8.68 Å². The average Bonchev–Trinajstić information content (AvgIpc) is 3.22. The first kappa shape index (κ1) is 16.6. The van der Waals surface area contributed by atoms with E-state index in [0.717, 1.165) is 20.5 Å². The molecule has 0 aromatic carbocycles. The molecule has 2 aliphatic rings. The molecule has 0 spiro atoms. The molecule has 2 aliphatic carbocycles. The number of nitrogens with zero attached hydrogens (tertiary/aromatic N) is 2. The summed E-state index contributed by atoms with van der Waals surface area (Å²) >= 11 is 4.65. The maximum absolute atomic E-state index is 12.4. The first-order valence-electron chi connectivity index (χ1n) is 7.91. The van der Waals surface area contributed by atoms with E-state index in [-0.39, 0.29) is 11.2 Å². The van der Waals surface area contributed by atoms with Crippen LogP contribution in [0, 0.1) is 17.8 Å². The van der Waals surface area contributed by atoms with Crippen LogP contribution >= 0.6 is 34.9 Å². The van der Waals surface area contributed by atoms with E-state index in [1.807, 2.05) is 13.2 Å². The number of nitrogens with one attached hydrogen (secondary N) is 1. The fourth-order valence-electron chi connectivity index (χ4n) is 3.89. The molecule has 7 heteroatoms. The minimum Gasteiger partial charge on any atom is -0.352 e. The molecular formula is C15H23N3OS3. The Kier molecular flexibility index (Phi) is 5.35. The van der Waals surface area contributed by atoms with E-state index in [4.69, 9.17) is 0 Å².